The molecule has 0 radical (unpaired) electrons. The highest BCUT2D eigenvalue weighted by Gasteiger charge is 2.35. The van der Waals surface area contributed by atoms with E-state index in [1.807, 2.05) is 0 Å². The molecule has 1 aliphatic heterocycles. The number of rotatable bonds is 0. The van der Waals surface area contributed by atoms with Gasteiger partial charge in [0.15, 0.2) is 0 Å². The highest BCUT2D eigenvalue weighted by molar-refractivity contribution is 5.82. The van der Waals surface area contributed by atoms with Gasteiger partial charge in [0.25, 0.3) is 0 Å². The van der Waals surface area contributed by atoms with Crippen molar-refractivity contribution in [2.24, 2.45) is 5.41 Å². The molecule has 2 aromatic carbocycles. The molecular formula is C20H21N. The summed E-state index contributed by atoms with van der Waals surface area (Å²) in [5.74, 6) is 0.454. The van der Waals surface area contributed by atoms with Crippen LogP contribution in [-0.2, 0) is 6.54 Å². The first-order chi connectivity index (χ1) is 10.1. The van der Waals surface area contributed by atoms with Crippen LogP contribution in [0, 0.1) is 5.41 Å². The Kier molecular flexibility index (Phi) is 2.56. The van der Waals surface area contributed by atoms with Crippen LogP contribution >= 0.6 is 0 Å². The molecule has 0 N–H and O–H groups in total. The Labute approximate surface area is 126 Å². The number of benzene rings is 2. The first-order valence-electron chi connectivity index (χ1n) is 7.72. The second-order valence-electron chi connectivity index (χ2n) is 7.21. The molecule has 4 rings (SSSR count). The van der Waals surface area contributed by atoms with Crippen molar-refractivity contribution < 1.29 is 0 Å². The Hall–Kier alpha value is -2.02. The maximum Gasteiger partial charge on any atom is 0.0485 e. The molecule has 1 heteroatoms. The molecule has 1 unspecified atom stereocenters. The van der Waals surface area contributed by atoms with Crippen molar-refractivity contribution in [1.29, 1.82) is 0 Å². The minimum absolute atomic E-state index is 0.211. The molecule has 21 heavy (non-hydrogen) atoms. The van der Waals surface area contributed by atoms with Crippen LogP contribution < -0.4 is 0 Å². The van der Waals surface area contributed by atoms with Crippen molar-refractivity contribution in [3.63, 3.8) is 0 Å². The van der Waals surface area contributed by atoms with Crippen molar-refractivity contribution in [2.45, 2.75) is 33.2 Å². The van der Waals surface area contributed by atoms with Gasteiger partial charge in [-0.15, -0.1) is 0 Å². The van der Waals surface area contributed by atoms with Crippen LogP contribution in [0.1, 0.15) is 43.5 Å². The lowest BCUT2D eigenvalue weighted by molar-refractivity contribution is 0.338. The topological polar surface area (TPSA) is 4.93 Å². The molecule has 2 heterocycles. The summed E-state index contributed by atoms with van der Waals surface area (Å²) in [6.45, 7) is 8.04. The van der Waals surface area contributed by atoms with E-state index in [0.29, 0.717) is 5.92 Å². The molecule has 0 fully saturated rings. The molecule has 0 saturated heterocycles. The van der Waals surface area contributed by atoms with E-state index >= 15 is 0 Å². The largest absolute Gasteiger partial charge is 0.340 e. The maximum absolute atomic E-state index is 2.51. The summed E-state index contributed by atoms with van der Waals surface area (Å²) >= 11 is 0. The molecule has 106 valence electrons. The molecule has 1 aliphatic rings. The highest BCUT2D eigenvalue weighted by Crippen LogP contribution is 2.46. The zero-order valence-electron chi connectivity index (χ0n) is 12.9. The Bertz CT molecular complexity index is 817. The fraction of sp³-hybridized carbons (Fsp3) is 0.300. The van der Waals surface area contributed by atoms with Gasteiger partial charge in [-0.3, -0.25) is 0 Å². The average Bonchev–Trinajstić information content (AvgIpc) is 2.81. The predicted molar refractivity (Wildman–Crippen MR) is 88.8 cm³/mol. The molecule has 0 aliphatic carbocycles. The first kappa shape index (κ1) is 12.7. The summed E-state index contributed by atoms with van der Waals surface area (Å²) in [6, 6.07) is 20.1. The lowest BCUT2D eigenvalue weighted by atomic mass is 9.72. The third-order valence-corrected chi connectivity index (χ3v) is 4.70. The van der Waals surface area contributed by atoms with Crippen molar-refractivity contribution in [3.8, 4) is 0 Å². The van der Waals surface area contributed by atoms with Crippen molar-refractivity contribution in [2.75, 3.05) is 0 Å². The molecule has 1 nitrogen and oxygen atoms in total. The monoisotopic (exact) mass is 275 g/mol. The van der Waals surface area contributed by atoms with Gasteiger partial charge >= 0.3 is 0 Å². The lowest BCUT2D eigenvalue weighted by Gasteiger charge is -2.37. The van der Waals surface area contributed by atoms with E-state index in [1.54, 1.807) is 0 Å². The Morgan fingerprint density at radius 2 is 1.67 bits per heavy atom. The molecule has 0 spiro atoms. The summed E-state index contributed by atoms with van der Waals surface area (Å²) in [4.78, 5) is 0. The first-order valence-corrected chi connectivity index (χ1v) is 7.72. The second kappa shape index (κ2) is 4.24. The molecule has 0 saturated carbocycles. The minimum Gasteiger partial charge on any atom is -0.340 e. The number of hydrogen-bond acceptors (Lipinski definition) is 0. The van der Waals surface area contributed by atoms with Gasteiger partial charge in [-0.1, -0.05) is 63.2 Å². The lowest BCUT2D eigenvalue weighted by Crippen LogP contribution is -2.27. The van der Waals surface area contributed by atoms with Crippen molar-refractivity contribution in [3.05, 3.63) is 71.4 Å². The second-order valence-corrected chi connectivity index (χ2v) is 7.21. The van der Waals surface area contributed by atoms with Crippen molar-refractivity contribution in [1.82, 2.24) is 4.57 Å². The summed E-state index contributed by atoms with van der Waals surface area (Å²) in [5.41, 5.74) is 5.99. The summed E-state index contributed by atoms with van der Waals surface area (Å²) in [5, 5.41) is 1.36. The fourth-order valence-corrected chi connectivity index (χ4v) is 3.85. The number of para-hydroxylation sites is 1. The van der Waals surface area contributed by atoms with Gasteiger partial charge in [0.1, 0.15) is 0 Å². The number of nitrogens with zero attached hydrogens (tertiary/aromatic N) is 1. The summed E-state index contributed by atoms with van der Waals surface area (Å²) < 4.78 is 2.51. The Morgan fingerprint density at radius 1 is 0.952 bits per heavy atom. The van der Waals surface area contributed by atoms with Crippen LogP contribution in [-0.4, -0.2) is 4.57 Å². The third-order valence-electron chi connectivity index (χ3n) is 4.70. The third kappa shape index (κ3) is 1.84. The van der Waals surface area contributed by atoms with E-state index in [1.165, 1.54) is 27.7 Å². The van der Waals surface area contributed by atoms with Crippen LogP contribution in [0.5, 0.6) is 0 Å². The van der Waals surface area contributed by atoms with E-state index in [9.17, 15) is 0 Å². The minimum atomic E-state index is 0.211. The molecule has 0 bridgehead atoms. The number of fused-ring (bicyclic) bond motifs is 4. The molecule has 0 amide bonds. The normalized spacial score (nSPS) is 17.6. The Balaban J connectivity index is 2.04. The van der Waals surface area contributed by atoms with Gasteiger partial charge in [-0.2, -0.15) is 0 Å². The van der Waals surface area contributed by atoms with E-state index in [-0.39, 0.29) is 5.41 Å². The molecule has 3 aromatic rings. The quantitative estimate of drug-likeness (QED) is 0.532. The van der Waals surface area contributed by atoms with Crippen LogP contribution in [0.3, 0.4) is 0 Å². The van der Waals surface area contributed by atoms with E-state index < -0.39 is 0 Å². The van der Waals surface area contributed by atoms with Crippen molar-refractivity contribution >= 4 is 10.9 Å². The number of aromatic nitrogens is 1. The zero-order chi connectivity index (χ0) is 14.6. The number of hydrogen-bond donors (Lipinski definition) is 0. The zero-order valence-corrected chi connectivity index (χ0v) is 12.9. The van der Waals surface area contributed by atoms with Gasteiger partial charge in [-0.25, -0.2) is 0 Å². The predicted octanol–water partition coefficient (Wildman–Crippen LogP) is 5.18. The van der Waals surface area contributed by atoms with E-state index in [4.69, 9.17) is 0 Å². The highest BCUT2D eigenvalue weighted by atomic mass is 15.0. The molecule has 1 aromatic heterocycles. The summed E-state index contributed by atoms with van der Waals surface area (Å²) in [6.07, 6.45) is 0. The van der Waals surface area contributed by atoms with E-state index in [0.717, 1.165) is 6.54 Å². The smallest absolute Gasteiger partial charge is 0.0485 e. The van der Waals surface area contributed by atoms with Gasteiger partial charge < -0.3 is 4.57 Å². The SMILES string of the molecule is CC(C)(C)C1c2ccccc2Cn2c1cc1ccccc12. The molecule has 1 atom stereocenters. The Morgan fingerprint density at radius 3 is 2.48 bits per heavy atom. The van der Waals surface area contributed by atoms with Crippen LogP contribution in [0.2, 0.25) is 0 Å². The summed E-state index contributed by atoms with van der Waals surface area (Å²) in [7, 11) is 0. The maximum atomic E-state index is 2.51. The standard InChI is InChI=1S/C20H21N/c1-20(2,3)19-16-10-6-4-9-15(16)13-21-17-11-7-5-8-14(17)12-18(19)21/h4-12,19H,13H2,1-3H3. The fourth-order valence-electron chi connectivity index (χ4n) is 3.85. The van der Waals surface area contributed by atoms with Gasteiger partial charge in [0, 0.05) is 23.7 Å². The van der Waals surface area contributed by atoms with Gasteiger partial charge in [-0.05, 0) is 34.1 Å². The van der Waals surface area contributed by atoms with Crippen LogP contribution in [0.25, 0.3) is 10.9 Å². The van der Waals surface area contributed by atoms with E-state index in [2.05, 4.69) is 79.9 Å². The van der Waals surface area contributed by atoms with Crippen LogP contribution in [0.4, 0.5) is 0 Å². The van der Waals surface area contributed by atoms with Gasteiger partial charge in [0.05, 0.1) is 0 Å². The average molecular weight is 275 g/mol. The molecular weight excluding hydrogens is 254 g/mol. The van der Waals surface area contributed by atoms with Gasteiger partial charge in [0.2, 0.25) is 0 Å². The van der Waals surface area contributed by atoms with Crippen LogP contribution in [0.15, 0.2) is 54.6 Å².